The van der Waals surface area contributed by atoms with Crippen LogP contribution in [0.15, 0.2) is 18.7 Å². The zero-order chi connectivity index (χ0) is 7.82. The van der Waals surface area contributed by atoms with Crippen LogP contribution in [0.25, 0.3) is 0 Å². The molecule has 1 heterocycles. The van der Waals surface area contributed by atoms with Gasteiger partial charge in [-0.3, -0.25) is 5.43 Å². The highest BCUT2D eigenvalue weighted by atomic mass is 16.4. The third kappa shape index (κ3) is 6.44. The minimum absolute atomic E-state index is 1.22. The molecule has 0 aromatic carbocycles. The van der Waals surface area contributed by atoms with Crippen molar-refractivity contribution in [3.8, 4) is 0 Å². The Balaban J connectivity index is 0.000000162. The number of nitrogens with two attached hydrogens (primary N) is 1. The molecule has 1 rings (SSSR count). The Morgan fingerprint density at radius 1 is 1.80 bits per heavy atom. The fraction of sp³-hybridized carbons (Fsp3) is 0. The van der Waals surface area contributed by atoms with Crippen LogP contribution in [-0.4, -0.2) is 21.2 Å². The molecule has 1 aromatic rings. The monoisotopic (exact) mass is 144 g/mol. The summed E-state index contributed by atoms with van der Waals surface area (Å²) in [5, 5.41) is 7.49. The molecule has 0 aliphatic carbocycles. The highest BCUT2D eigenvalue weighted by Gasteiger charge is 1.77. The van der Waals surface area contributed by atoms with E-state index >= 15 is 0 Å². The van der Waals surface area contributed by atoms with Crippen LogP contribution in [0.4, 0.5) is 4.79 Å². The number of hydrazine groups is 1. The van der Waals surface area contributed by atoms with Crippen LogP contribution in [0.1, 0.15) is 0 Å². The van der Waals surface area contributed by atoms with Crippen molar-refractivity contribution in [3.63, 3.8) is 0 Å². The summed E-state index contributed by atoms with van der Waals surface area (Å²) in [7, 11) is 0. The molecule has 1 amide bonds. The van der Waals surface area contributed by atoms with Gasteiger partial charge in [0.25, 0.3) is 0 Å². The minimum atomic E-state index is -1.22. The van der Waals surface area contributed by atoms with Gasteiger partial charge >= 0.3 is 6.09 Å². The van der Waals surface area contributed by atoms with Crippen molar-refractivity contribution >= 4 is 6.09 Å². The molecule has 0 fully saturated rings. The zero-order valence-corrected chi connectivity index (χ0v) is 5.11. The second-order valence-corrected chi connectivity index (χ2v) is 1.21. The number of carbonyl (C=O) groups is 1. The van der Waals surface area contributed by atoms with E-state index in [1.54, 1.807) is 18.7 Å². The smallest absolute Gasteiger partial charge is 0.418 e. The number of imidazole rings is 1. The minimum Gasteiger partial charge on any atom is -0.464 e. The lowest BCUT2D eigenvalue weighted by atomic mass is 11.0. The van der Waals surface area contributed by atoms with E-state index in [1.165, 1.54) is 5.43 Å². The molecule has 0 aliphatic heterocycles. The van der Waals surface area contributed by atoms with Crippen molar-refractivity contribution in [2.24, 2.45) is 5.84 Å². The number of carboxylic acid groups (broad SMARTS) is 1. The molecule has 1 aromatic heterocycles. The average Bonchev–Trinajstić information content (AvgIpc) is 2.43. The van der Waals surface area contributed by atoms with Crippen molar-refractivity contribution in [1.29, 1.82) is 0 Å². The van der Waals surface area contributed by atoms with Gasteiger partial charge in [0.05, 0.1) is 6.33 Å². The molecular formula is C4H8N4O2. The first kappa shape index (κ1) is 8.44. The Morgan fingerprint density at radius 3 is 2.50 bits per heavy atom. The summed E-state index contributed by atoms with van der Waals surface area (Å²) in [4.78, 5) is 15.5. The molecule has 0 atom stereocenters. The van der Waals surface area contributed by atoms with Crippen LogP contribution in [0.5, 0.6) is 0 Å². The van der Waals surface area contributed by atoms with Crippen LogP contribution in [0.2, 0.25) is 0 Å². The fourth-order valence-electron chi connectivity index (χ4n) is 0.215. The molecule has 0 saturated heterocycles. The predicted octanol–water partition coefficient (Wildman–Crippen LogP) is -0.463. The number of nitrogens with one attached hydrogen (secondary N) is 2. The van der Waals surface area contributed by atoms with E-state index in [9.17, 15) is 0 Å². The number of nitrogens with zero attached hydrogens (tertiary/aromatic N) is 1. The molecule has 6 heteroatoms. The maximum Gasteiger partial charge on any atom is 0.418 e. The second-order valence-electron chi connectivity index (χ2n) is 1.21. The first-order valence-electron chi connectivity index (χ1n) is 2.39. The molecular weight excluding hydrogens is 136 g/mol. The molecule has 0 unspecified atom stereocenters. The molecule has 10 heavy (non-hydrogen) atoms. The molecule has 56 valence electrons. The standard InChI is InChI=1S/C3H4N2.CH4N2O2/c1-2-5-3-4-1;2-3-1(4)5/h1-3H,(H,4,5);3H,2H2,(H,4,5). The molecule has 6 nitrogen and oxygen atoms in total. The van der Waals surface area contributed by atoms with Gasteiger partial charge in [0.2, 0.25) is 0 Å². The van der Waals surface area contributed by atoms with Crippen LogP contribution in [0, 0.1) is 0 Å². The maximum absolute atomic E-state index is 9.13. The largest absolute Gasteiger partial charge is 0.464 e. The number of hydrogen-bond acceptors (Lipinski definition) is 3. The normalized spacial score (nSPS) is 7.30. The van der Waals surface area contributed by atoms with Gasteiger partial charge in [-0.25, -0.2) is 15.6 Å². The van der Waals surface area contributed by atoms with Crippen molar-refractivity contribution < 1.29 is 9.90 Å². The van der Waals surface area contributed by atoms with E-state index in [0.29, 0.717) is 0 Å². The maximum atomic E-state index is 9.13. The SMILES string of the molecule is NNC(=O)O.c1c[nH]cn1. The first-order valence-corrected chi connectivity index (χ1v) is 2.39. The van der Waals surface area contributed by atoms with Gasteiger partial charge in [0.15, 0.2) is 0 Å². The van der Waals surface area contributed by atoms with Crippen LogP contribution in [-0.2, 0) is 0 Å². The first-order chi connectivity index (χ1) is 4.77. The van der Waals surface area contributed by atoms with Gasteiger partial charge in [-0.15, -0.1) is 0 Å². The number of aromatic amines is 1. The second kappa shape index (κ2) is 5.57. The zero-order valence-electron chi connectivity index (χ0n) is 5.11. The average molecular weight is 144 g/mol. The summed E-state index contributed by atoms with van der Waals surface area (Å²) in [6.07, 6.45) is 3.87. The molecule has 0 radical (unpaired) electrons. The Hall–Kier alpha value is -1.56. The van der Waals surface area contributed by atoms with Crippen molar-refractivity contribution in [2.45, 2.75) is 0 Å². The number of amides is 1. The van der Waals surface area contributed by atoms with Gasteiger partial charge < -0.3 is 10.1 Å². The highest BCUT2D eigenvalue weighted by Crippen LogP contribution is 1.62. The Bertz CT molecular complexity index is 145. The van der Waals surface area contributed by atoms with Crippen molar-refractivity contribution in [3.05, 3.63) is 18.7 Å². The van der Waals surface area contributed by atoms with E-state index in [0.717, 1.165) is 0 Å². The topological polar surface area (TPSA) is 104 Å². The van der Waals surface area contributed by atoms with Gasteiger partial charge in [-0.1, -0.05) is 0 Å². The fourth-order valence-corrected chi connectivity index (χ4v) is 0.215. The van der Waals surface area contributed by atoms with Crippen LogP contribution in [0.3, 0.4) is 0 Å². The predicted molar refractivity (Wildman–Crippen MR) is 33.9 cm³/mol. The summed E-state index contributed by atoms with van der Waals surface area (Å²) >= 11 is 0. The Labute approximate surface area is 57.0 Å². The lowest BCUT2D eigenvalue weighted by Crippen LogP contribution is -2.27. The third-order valence-corrected chi connectivity index (χ3v) is 0.529. The summed E-state index contributed by atoms with van der Waals surface area (Å²) in [6.45, 7) is 0. The quantitative estimate of drug-likeness (QED) is 0.224. The summed E-state index contributed by atoms with van der Waals surface area (Å²) in [6, 6.07) is 0. The third-order valence-electron chi connectivity index (χ3n) is 0.529. The van der Waals surface area contributed by atoms with Crippen molar-refractivity contribution in [2.75, 3.05) is 0 Å². The number of aromatic nitrogens is 2. The van der Waals surface area contributed by atoms with E-state index < -0.39 is 6.09 Å². The molecule has 0 aliphatic rings. The van der Waals surface area contributed by atoms with Crippen LogP contribution < -0.4 is 11.3 Å². The lowest BCUT2D eigenvalue weighted by molar-refractivity contribution is 0.194. The molecule has 0 saturated carbocycles. The van der Waals surface area contributed by atoms with Crippen molar-refractivity contribution in [1.82, 2.24) is 15.4 Å². The highest BCUT2D eigenvalue weighted by molar-refractivity contribution is 5.63. The number of rotatable bonds is 0. The Kier molecular flexibility index (Phi) is 4.70. The molecule has 0 bridgehead atoms. The number of hydrogen-bond donors (Lipinski definition) is 4. The number of H-pyrrole nitrogens is 1. The van der Waals surface area contributed by atoms with Crippen LogP contribution >= 0.6 is 0 Å². The van der Waals surface area contributed by atoms with Gasteiger partial charge in [0.1, 0.15) is 0 Å². The lowest BCUT2D eigenvalue weighted by Gasteiger charge is -1.79. The summed E-state index contributed by atoms with van der Waals surface area (Å²) < 4.78 is 0. The van der Waals surface area contributed by atoms with Gasteiger partial charge in [-0.05, 0) is 0 Å². The summed E-state index contributed by atoms with van der Waals surface area (Å²) in [5.41, 5.74) is 1.44. The summed E-state index contributed by atoms with van der Waals surface area (Å²) in [5.74, 6) is 4.32. The Morgan fingerprint density at radius 2 is 2.40 bits per heavy atom. The van der Waals surface area contributed by atoms with E-state index in [4.69, 9.17) is 9.90 Å². The van der Waals surface area contributed by atoms with E-state index in [1.807, 2.05) is 0 Å². The molecule has 5 N–H and O–H groups in total. The molecule has 0 spiro atoms. The van der Waals surface area contributed by atoms with E-state index in [-0.39, 0.29) is 0 Å². The van der Waals surface area contributed by atoms with Gasteiger partial charge in [0, 0.05) is 12.4 Å². The van der Waals surface area contributed by atoms with Gasteiger partial charge in [-0.2, -0.15) is 0 Å². The van der Waals surface area contributed by atoms with E-state index in [2.05, 4.69) is 15.8 Å².